The van der Waals surface area contributed by atoms with Crippen LogP contribution in [-0.4, -0.2) is 5.78 Å². The van der Waals surface area contributed by atoms with Gasteiger partial charge in [0.2, 0.25) is 0 Å². The smallest absolute Gasteiger partial charge is 0.163 e. The van der Waals surface area contributed by atoms with Crippen molar-refractivity contribution in [2.75, 3.05) is 0 Å². The second kappa shape index (κ2) is 4.45. The van der Waals surface area contributed by atoms with Gasteiger partial charge in [-0.25, -0.2) is 0 Å². The van der Waals surface area contributed by atoms with E-state index in [1.165, 1.54) is 43.2 Å². The number of ketones is 1. The van der Waals surface area contributed by atoms with Crippen LogP contribution in [0.25, 0.3) is 0 Å². The summed E-state index contributed by atoms with van der Waals surface area (Å²) in [6, 6.07) is 4.12. The van der Waals surface area contributed by atoms with Crippen LogP contribution in [0.4, 0.5) is 0 Å². The van der Waals surface area contributed by atoms with Gasteiger partial charge in [-0.2, -0.15) is 0 Å². The number of rotatable bonds is 1. The molecule has 0 amide bonds. The van der Waals surface area contributed by atoms with E-state index in [1.807, 2.05) is 6.07 Å². The fraction of sp³-hybridized carbons (Fsp3) is 0.533. The quantitative estimate of drug-likeness (QED) is 0.714. The van der Waals surface area contributed by atoms with Crippen molar-refractivity contribution in [3.63, 3.8) is 0 Å². The van der Waals surface area contributed by atoms with Gasteiger partial charge in [0, 0.05) is 17.0 Å². The minimum Gasteiger partial charge on any atom is -0.294 e. The highest BCUT2D eigenvalue weighted by Crippen LogP contribution is 2.39. The van der Waals surface area contributed by atoms with Gasteiger partial charge in [0.05, 0.1) is 0 Å². The Balaban J connectivity index is 1.97. The fourth-order valence-electron chi connectivity index (χ4n) is 3.21. The monoisotopic (exact) mass is 248 g/mol. The van der Waals surface area contributed by atoms with Gasteiger partial charge < -0.3 is 0 Å². The Hall–Kier alpha value is -0.820. The summed E-state index contributed by atoms with van der Waals surface area (Å²) in [5.74, 6) is 0.884. The predicted molar refractivity (Wildman–Crippen MR) is 69.9 cm³/mol. The van der Waals surface area contributed by atoms with E-state index in [2.05, 4.69) is 6.07 Å². The molecule has 0 unspecified atom stereocenters. The zero-order chi connectivity index (χ0) is 11.8. The third-order valence-electron chi connectivity index (χ3n) is 4.19. The Morgan fingerprint density at radius 3 is 2.59 bits per heavy atom. The molecule has 0 heterocycles. The summed E-state index contributed by atoms with van der Waals surface area (Å²) < 4.78 is 0. The number of carbonyl (C=O) groups is 1. The first kappa shape index (κ1) is 11.3. The van der Waals surface area contributed by atoms with E-state index in [0.717, 1.165) is 17.0 Å². The molecule has 0 N–H and O–H groups in total. The third kappa shape index (κ3) is 2.01. The zero-order valence-electron chi connectivity index (χ0n) is 9.97. The Bertz CT molecular complexity index is 458. The molecular formula is C15H17ClO. The number of Topliss-reactive ketones (excluding diaryl/α,β-unsaturated/α-hetero) is 1. The van der Waals surface area contributed by atoms with Gasteiger partial charge in [-0.15, -0.1) is 0 Å². The van der Waals surface area contributed by atoms with Gasteiger partial charge >= 0.3 is 0 Å². The SMILES string of the molecule is O=C1CCc2cc(C3CCCCC3)c(Cl)cc21. The van der Waals surface area contributed by atoms with E-state index in [-0.39, 0.29) is 5.78 Å². The fourth-order valence-corrected chi connectivity index (χ4v) is 3.53. The maximum absolute atomic E-state index is 11.6. The highest BCUT2D eigenvalue weighted by atomic mass is 35.5. The van der Waals surface area contributed by atoms with Crippen LogP contribution in [0.5, 0.6) is 0 Å². The second-order valence-corrected chi connectivity index (χ2v) is 5.70. The lowest BCUT2D eigenvalue weighted by Crippen LogP contribution is -2.06. The summed E-state index contributed by atoms with van der Waals surface area (Å²) in [7, 11) is 0. The maximum Gasteiger partial charge on any atom is 0.163 e. The largest absolute Gasteiger partial charge is 0.294 e. The average Bonchev–Trinajstić information content (AvgIpc) is 2.71. The van der Waals surface area contributed by atoms with E-state index < -0.39 is 0 Å². The molecule has 1 aromatic carbocycles. The van der Waals surface area contributed by atoms with Crippen LogP contribution in [0.2, 0.25) is 5.02 Å². The molecule has 1 aromatic rings. The zero-order valence-corrected chi connectivity index (χ0v) is 10.7. The molecule has 2 aliphatic rings. The number of fused-ring (bicyclic) bond motifs is 1. The van der Waals surface area contributed by atoms with Gasteiger partial charge in [-0.3, -0.25) is 4.79 Å². The molecule has 0 aliphatic heterocycles. The van der Waals surface area contributed by atoms with E-state index >= 15 is 0 Å². The van der Waals surface area contributed by atoms with Crippen molar-refractivity contribution in [2.45, 2.75) is 50.9 Å². The summed E-state index contributed by atoms with van der Waals surface area (Å²) in [5.41, 5.74) is 3.38. The summed E-state index contributed by atoms with van der Waals surface area (Å²) in [5, 5.41) is 0.811. The molecule has 0 saturated heterocycles. The van der Waals surface area contributed by atoms with E-state index in [1.54, 1.807) is 0 Å². The van der Waals surface area contributed by atoms with Crippen molar-refractivity contribution < 1.29 is 4.79 Å². The minimum atomic E-state index is 0.261. The number of carbonyl (C=O) groups excluding carboxylic acids is 1. The number of benzene rings is 1. The van der Waals surface area contributed by atoms with Crippen molar-refractivity contribution in [1.29, 1.82) is 0 Å². The van der Waals surface area contributed by atoms with E-state index in [9.17, 15) is 4.79 Å². The molecular weight excluding hydrogens is 232 g/mol. The summed E-state index contributed by atoms with van der Waals surface area (Å²) in [6.07, 6.45) is 8.08. The lowest BCUT2D eigenvalue weighted by atomic mass is 9.83. The highest BCUT2D eigenvalue weighted by Gasteiger charge is 2.24. The second-order valence-electron chi connectivity index (χ2n) is 5.29. The Morgan fingerprint density at radius 2 is 1.82 bits per heavy atom. The van der Waals surface area contributed by atoms with Crippen molar-refractivity contribution >= 4 is 17.4 Å². The Kier molecular flexibility index (Phi) is 2.96. The van der Waals surface area contributed by atoms with Gasteiger partial charge in [0.1, 0.15) is 0 Å². The number of aryl methyl sites for hydroxylation is 1. The Morgan fingerprint density at radius 1 is 1.06 bits per heavy atom. The van der Waals surface area contributed by atoms with Crippen molar-refractivity contribution in [3.05, 3.63) is 33.8 Å². The Labute approximate surface area is 107 Å². The van der Waals surface area contributed by atoms with Crippen LogP contribution in [0, 0.1) is 0 Å². The molecule has 0 aromatic heterocycles. The van der Waals surface area contributed by atoms with Crippen LogP contribution in [0.15, 0.2) is 12.1 Å². The van der Waals surface area contributed by atoms with Crippen LogP contribution in [-0.2, 0) is 6.42 Å². The molecule has 1 fully saturated rings. The van der Waals surface area contributed by atoms with Crippen LogP contribution in [0.3, 0.4) is 0 Å². The number of halogens is 1. The lowest BCUT2D eigenvalue weighted by molar-refractivity contribution is 0.0994. The van der Waals surface area contributed by atoms with Crippen molar-refractivity contribution in [2.24, 2.45) is 0 Å². The first-order chi connectivity index (χ1) is 8.25. The minimum absolute atomic E-state index is 0.261. The van der Waals surface area contributed by atoms with Gasteiger partial charge in [-0.05, 0) is 42.4 Å². The van der Waals surface area contributed by atoms with E-state index in [0.29, 0.717) is 12.3 Å². The molecule has 3 rings (SSSR count). The number of hydrogen-bond acceptors (Lipinski definition) is 1. The summed E-state index contributed by atoms with van der Waals surface area (Å²) in [6.45, 7) is 0. The predicted octanol–water partition coefficient (Wildman–Crippen LogP) is 4.52. The third-order valence-corrected chi connectivity index (χ3v) is 4.52. The first-order valence-electron chi connectivity index (χ1n) is 6.61. The molecule has 90 valence electrons. The normalized spacial score (nSPS) is 20.6. The number of hydrogen-bond donors (Lipinski definition) is 0. The van der Waals surface area contributed by atoms with Crippen molar-refractivity contribution in [1.82, 2.24) is 0 Å². The van der Waals surface area contributed by atoms with E-state index in [4.69, 9.17) is 11.6 Å². The van der Waals surface area contributed by atoms with Gasteiger partial charge in [0.25, 0.3) is 0 Å². The maximum atomic E-state index is 11.6. The standard InChI is InChI=1S/C15H17ClO/c16-14-9-13-11(6-7-15(13)17)8-12(14)10-4-2-1-3-5-10/h8-10H,1-7H2. The van der Waals surface area contributed by atoms with Gasteiger partial charge in [-0.1, -0.05) is 36.9 Å². The van der Waals surface area contributed by atoms with Gasteiger partial charge in [0.15, 0.2) is 5.78 Å². The summed E-state index contributed by atoms with van der Waals surface area (Å²) in [4.78, 5) is 11.6. The molecule has 0 spiro atoms. The molecule has 1 saturated carbocycles. The molecule has 0 radical (unpaired) electrons. The molecule has 0 atom stereocenters. The van der Waals surface area contributed by atoms with Crippen molar-refractivity contribution in [3.8, 4) is 0 Å². The molecule has 2 aliphatic carbocycles. The molecule has 1 nitrogen and oxygen atoms in total. The molecule has 17 heavy (non-hydrogen) atoms. The first-order valence-corrected chi connectivity index (χ1v) is 6.99. The highest BCUT2D eigenvalue weighted by molar-refractivity contribution is 6.32. The average molecular weight is 249 g/mol. The molecule has 2 heteroatoms. The topological polar surface area (TPSA) is 17.1 Å². The summed E-state index contributed by atoms with van der Waals surface area (Å²) >= 11 is 6.35. The van der Waals surface area contributed by atoms with Crippen LogP contribution >= 0.6 is 11.6 Å². The van der Waals surface area contributed by atoms with Crippen LogP contribution < -0.4 is 0 Å². The van der Waals surface area contributed by atoms with Crippen LogP contribution in [0.1, 0.15) is 65.9 Å². The lowest BCUT2D eigenvalue weighted by Gasteiger charge is -2.23. The molecule has 0 bridgehead atoms.